The minimum Gasteiger partial charge on any atom is -0.399 e. The van der Waals surface area contributed by atoms with E-state index in [4.69, 9.17) is 17.3 Å². The van der Waals surface area contributed by atoms with Crippen molar-refractivity contribution in [2.75, 3.05) is 12.3 Å². The molecule has 2 rings (SSSR count). The maximum atomic E-state index is 12.2. The van der Waals surface area contributed by atoms with Crippen molar-refractivity contribution >= 4 is 27.3 Å². The van der Waals surface area contributed by atoms with Crippen LogP contribution in [0.15, 0.2) is 23.1 Å². The predicted octanol–water partition coefficient (Wildman–Crippen LogP) is 1.75. The summed E-state index contributed by atoms with van der Waals surface area (Å²) in [5, 5.41) is 9.99. The Labute approximate surface area is 124 Å². The molecule has 7 heteroatoms. The first kappa shape index (κ1) is 15.6. The van der Waals surface area contributed by atoms with E-state index in [0.717, 1.165) is 25.7 Å². The lowest BCUT2D eigenvalue weighted by Crippen LogP contribution is -2.36. The molecule has 0 spiro atoms. The molecule has 1 saturated carbocycles. The predicted molar refractivity (Wildman–Crippen MR) is 79.0 cm³/mol. The molecule has 1 aromatic rings. The number of hydrogen-bond acceptors (Lipinski definition) is 4. The third-order valence-electron chi connectivity index (χ3n) is 3.65. The van der Waals surface area contributed by atoms with Gasteiger partial charge in [-0.1, -0.05) is 24.4 Å². The third-order valence-corrected chi connectivity index (χ3v) is 5.55. The summed E-state index contributed by atoms with van der Waals surface area (Å²) in [6, 6.07) is 4.34. The van der Waals surface area contributed by atoms with Crippen molar-refractivity contribution < 1.29 is 13.5 Å². The average Bonchev–Trinajstić information content (AvgIpc) is 2.40. The molecule has 2 unspecified atom stereocenters. The second-order valence-electron chi connectivity index (χ2n) is 5.15. The van der Waals surface area contributed by atoms with Crippen LogP contribution in [0.1, 0.15) is 25.7 Å². The summed E-state index contributed by atoms with van der Waals surface area (Å²) in [7, 11) is -3.71. The lowest BCUT2D eigenvalue weighted by molar-refractivity contribution is 0.0724. The van der Waals surface area contributed by atoms with Crippen LogP contribution in [0.4, 0.5) is 5.69 Å². The molecule has 0 saturated heterocycles. The van der Waals surface area contributed by atoms with Gasteiger partial charge in [-0.2, -0.15) is 0 Å². The quantitative estimate of drug-likeness (QED) is 0.737. The molecule has 0 aliphatic heterocycles. The van der Waals surface area contributed by atoms with Gasteiger partial charge in [-0.3, -0.25) is 0 Å². The average molecular weight is 319 g/mol. The van der Waals surface area contributed by atoms with Crippen LogP contribution in [-0.2, 0) is 10.0 Å². The van der Waals surface area contributed by atoms with Crippen LogP contribution in [-0.4, -0.2) is 26.2 Å². The molecule has 0 radical (unpaired) electrons. The number of aliphatic hydroxyl groups excluding tert-OH is 1. The zero-order valence-corrected chi connectivity index (χ0v) is 12.6. The summed E-state index contributed by atoms with van der Waals surface area (Å²) >= 11 is 5.91. The molecule has 2 atom stereocenters. The Hall–Kier alpha value is -0.820. The van der Waals surface area contributed by atoms with Crippen LogP contribution in [0.5, 0.6) is 0 Å². The smallest absolute Gasteiger partial charge is 0.242 e. The van der Waals surface area contributed by atoms with Crippen molar-refractivity contribution in [1.29, 1.82) is 0 Å². The first-order chi connectivity index (χ1) is 9.40. The van der Waals surface area contributed by atoms with Gasteiger partial charge in [-0.25, -0.2) is 13.1 Å². The van der Waals surface area contributed by atoms with E-state index in [1.54, 1.807) is 6.07 Å². The topological polar surface area (TPSA) is 92.4 Å². The molecule has 1 fully saturated rings. The van der Waals surface area contributed by atoms with Crippen molar-refractivity contribution in [1.82, 2.24) is 4.72 Å². The zero-order valence-electron chi connectivity index (χ0n) is 11.0. The molecule has 1 aromatic carbocycles. The Morgan fingerprint density at radius 3 is 2.75 bits per heavy atom. The molecule has 112 valence electrons. The lowest BCUT2D eigenvalue weighted by atomic mass is 9.87. The molecule has 1 aliphatic rings. The second kappa shape index (κ2) is 6.30. The van der Waals surface area contributed by atoms with Gasteiger partial charge < -0.3 is 10.8 Å². The van der Waals surface area contributed by atoms with E-state index in [9.17, 15) is 13.5 Å². The van der Waals surface area contributed by atoms with Crippen molar-refractivity contribution in [3.8, 4) is 0 Å². The van der Waals surface area contributed by atoms with Gasteiger partial charge in [0.25, 0.3) is 0 Å². The van der Waals surface area contributed by atoms with Crippen LogP contribution < -0.4 is 10.5 Å². The first-order valence-electron chi connectivity index (χ1n) is 6.63. The number of hydrogen-bond donors (Lipinski definition) is 3. The number of aliphatic hydroxyl groups is 1. The van der Waals surface area contributed by atoms with Crippen LogP contribution in [0, 0.1) is 5.92 Å². The fourth-order valence-corrected chi connectivity index (χ4v) is 4.07. The van der Waals surface area contributed by atoms with Gasteiger partial charge in [-0.15, -0.1) is 0 Å². The van der Waals surface area contributed by atoms with Crippen LogP contribution in [0.3, 0.4) is 0 Å². The van der Waals surface area contributed by atoms with Crippen molar-refractivity contribution in [3.63, 3.8) is 0 Å². The van der Waals surface area contributed by atoms with E-state index in [0.29, 0.717) is 5.69 Å². The summed E-state index contributed by atoms with van der Waals surface area (Å²) in [5.74, 6) is -0.0432. The number of halogens is 1. The fourth-order valence-electron chi connectivity index (χ4n) is 2.45. The largest absolute Gasteiger partial charge is 0.399 e. The first-order valence-corrected chi connectivity index (χ1v) is 8.49. The molecule has 1 aliphatic carbocycles. The van der Waals surface area contributed by atoms with E-state index in [-0.39, 0.29) is 22.4 Å². The number of anilines is 1. The Morgan fingerprint density at radius 1 is 1.35 bits per heavy atom. The Bertz CT molecular complexity index is 577. The van der Waals surface area contributed by atoms with E-state index in [1.165, 1.54) is 12.1 Å². The Kier molecular flexibility index (Phi) is 4.90. The highest BCUT2D eigenvalue weighted by molar-refractivity contribution is 7.89. The van der Waals surface area contributed by atoms with Crippen LogP contribution >= 0.6 is 11.6 Å². The van der Waals surface area contributed by atoms with Gasteiger partial charge in [0.2, 0.25) is 10.0 Å². The van der Waals surface area contributed by atoms with E-state index in [2.05, 4.69) is 4.72 Å². The molecule has 5 nitrogen and oxygen atoms in total. The normalized spacial score (nSPS) is 23.7. The number of sulfonamides is 1. The van der Waals surface area contributed by atoms with Crippen molar-refractivity contribution in [2.24, 2.45) is 5.92 Å². The highest BCUT2D eigenvalue weighted by Crippen LogP contribution is 2.26. The number of benzene rings is 1. The molecule has 0 aromatic heterocycles. The molecule has 0 bridgehead atoms. The number of nitrogen functional groups attached to an aromatic ring is 1. The van der Waals surface area contributed by atoms with Crippen LogP contribution in [0.25, 0.3) is 0 Å². The minimum atomic E-state index is -3.71. The van der Waals surface area contributed by atoms with Gasteiger partial charge in [0, 0.05) is 12.2 Å². The molecular formula is C13H19ClN2O3S. The number of nitrogens with one attached hydrogen (secondary N) is 1. The summed E-state index contributed by atoms with van der Waals surface area (Å²) in [5.41, 5.74) is 5.93. The van der Waals surface area contributed by atoms with Gasteiger partial charge in [-0.05, 0) is 37.0 Å². The van der Waals surface area contributed by atoms with E-state index < -0.39 is 16.1 Å². The van der Waals surface area contributed by atoms with Gasteiger partial charge in [0.05, 0.1) is 11.1 Å². The molecule has 0 amide bonds. The Balaban J connectivity index is 2.09. The molecule has 20 heavy (non-hydrogen) atoms. The Morgan fingerprint density at radius 2 is 2.05 bits per heavy atom. The van der Waals surface area contributed by atoms with Crippen molar-refractivity contribution in [2.45, 2.75) is 36.7 Å². The second-order valence-corrected chi connectivity index (χ2v) is 7.30. The van der Waals surface area contributed by atoms with Gasteiger partial charge in [0.15, 0.2) is 0 Å². The summed E-state index contributed by atoms with van der Waals surface area (Å²) in [4.78, 5) is -0.0236. The summed E-state index contributed by atoms with van der Waals surface area (Å²) in [6.45, 7) is 0.217. The number of rotatable bonds is 4. The lowest BCUT2D eigenvalue weighted by Gasteiger charge is -2.27. The highest BCUT2D eigenvalue weighted by Gasteiger charge is 2.26. The van der Waals surface area contributed by atoms with Crippen molar-refractivity contribution in [3.05, 3.63) is 23.2 Å². The molecular weight excluding hydrogens is 300 g/mol. The maximum Gasteiger partial charge on any atom is 0.242 e. The standard InChI is InChI=1S/C13H19ClN2O3S/c14-11-6-5-10(15)7-13(11)20(18,19)16-8-9-3-1-2-4-12(9)17/h5-7,9,12,16-17H,1-4,8,15H2. The summed E-state index contributed by atoms with van der Waals surface area (Å²) < 4.78 is 27.0. The maximum absolute atomic E-state index is 12.2. The fraction of sp³-hybridized carbons (Fsp3) is 0.538. The monoisotopic (exact) mass is 318 g/mol. The van der Waals surface area contributed by atoms with E-state index >= 15 is 0 Å². The molecule has 4 N–H and O–H groups in total. The van der Waals surface area contributed by atoms with Gasteiger partial charge in [0.1, 0.15) is 4.90 Å². The summed E-state index contributed by atoms with van der Waals surface area (Å²) in [6.07, 6.45) is 3.12. The SMILES string of the molecule is Nc1ccc(Cl)c(S(=O)(=O)NCC2CCCCC2O)c1. The minimum absolute atomic E-state index is 0.0236. The highest BCUT2D eigenvalue weighted by atomic mass is 35.5. The van der Waals surface area contributed by atoms with E-state index in [1.807, 2.05) is 0 Å². The zero-order chi connectivity index (χ0) is 14.8. The third kappa shape index (κ3) is 3.63. The van der Waals surface area contributed by atoms with Crippen LogP contribution in [0.2, 0.25) is 5.02 Å². The molecule has 0 heterocycles. The number of nitrogens with two attached hydrogens (primary N) is 1. The van der Waals surface area contributed by atoms with Gasteiger partial charge >= 0.3 is 0 Å².